The maximum atomic E-state index is 12.5. The van der Waals surface area contributed by atoms with Gasteiger partial charge in [-0.1, -0.05) is 23.5 Å². The number of aromatic nitrogens is 6. The van der Waals surface area contributed by atoms with Crippen molar-refractivity contribution in [2.45, 2.75) is 29.3 Å². The smallest absolute Gasteiger partial charge is 0.254 e. The summed E-state index contributed by atoms with van der Waals surface area (Å²) >= 11 is 2.99. The maximum Gasteiger partial charge on any atom is 0.254 e. The third-order valence-corrected chi connectivity index (χ3v) is 7.29. The molecule has 1 fully saturated rings. The van der Waals surface area contributed by atoms with Gasteiger partial charge in [0.25, 0.3) is 5.56 Å². The minimum Gasteiger partial charge on any atom is -0.378 e. The summed E-state index contributed by atoms with van der Waals surface area (Å²) in [5.41, 5.74) is 0.634. The molecule has 2 aliphatic heterocycles. The molecule has 3 aromatic rings. The second kappa shape index (κ2) is 9.69. The molecule has 33 heavy (non-hydrogen) atoms. The van der Waals surface area contributed by atoms with Crippen molar-refractivity contribution in [3.63, 3.8) is 0 Å². The van der Waals surface area contributed by atoms with Gasteiger partial charge in [-0.15, -0.1) is 0 Å². The number of nitrogens with zero attached hydrogens (tertiary/aromatic N) is 7. The van der Waals surface area contributed by atoms with E-state index in [0.29, 0.717) is 42.4 Å². The van der Waals surface area contributed by atoms with Crippen LogP contribution in [0.4, 0.5) is 5.82 Å². The zero-order chi connectivity index (χ0) is 22.8. The molecule has 3 aromatic heterocycles. The van der Waals surface area contributed by atoms with Gasteiger partial charge in [0.05, 0.1) is 37.4 Å². The Labute approximate surface area is 198 Å². The average molecular weight is 489 g/mol. The van der Waals surface area contributed by atoms with Gasteiger partial charge in [0.1, 0.15) is 5.82 Å². The fourth-order valence-corrected chi connectivity index (χ4v) is 5.50. The first-order valence-electron chi connectivity index (χ1n) is 10.7. The number of carbonyl (C=O) groups excluding carboxylic acids is 1. The molecule has 5 rings (SSSR count). The van der Waals surface area contributed by atoms with Gasteiger partial charge < -0.3 is 15.0 Å². The van der Waals surface area contributed by atoms with Gasteiger partial charge in [-0.2, -0.15) is 5.10 Å². The van der Waals surface area contributed by atoms with Crippen LogP contribution in [-0.4, -0.2) is 80.1 Å². The SMILES string of the molecule is CSc1nc(N2CCOCC2)c2cnn(CCNC(=O)CC3CSc4nccc(=O)n43)c2n1. The average Bonchev–Trinajstić information content (AvgIpc) is 3.44. The summed E-state index contributed by atoms with van der Waals surface area (Å²) in [4.78, 5) is 40.5. The predicted molar refractivity (Wildman–Crippen MR) is 126 cm³/mol. The Morgan fingerprint density at radius 2 is 2.18 bits per heavy atom. The number of amides is 1. The van der Waals surface area contributed by atoms with E-state index in [1.807, 2.05) is 6.26 Å². The summed E-state index contributed by atoms with van der Waals surface area (Å²) in [6.45, 7) is 3.81. The lowest BCUT2D eigenvalue weighted by Crippen LogP contribution is -2.37. The van der Waals surface area contributed by atoms with Crippen LogP contribution in [0.2, 0.25) is 0 Å². The molecule has 1 amide bonds. The molecule has 2 aliphatic rings. The van der Waals surface area contributed by atoms with Crippen molar-refractivity contribution in [2.24, 2.45) is 0 Å². The van der Waals surface area contributed by atoms with Crippen molar-refractivity contribution in [1.29, 1.82) is 0 Å². The number of hydrogen-bond donors (Lipinski definition) is 1. The van der Waals surface area contributed by atoms with Crippen LogP contribution < -0.4 is 15.8 Å². The Hall–Kier alpha value is -2.64. The number of thioether (sulfide) groups is 2. The van der Waals surface area contributed by atoms with Crippen LogP contribution in [0.1, 0.15) is 12.5 Å². The lowest BCUT2D eigenvalue weighted by atomic mass is 10.2. The summed E-state index contributed by atoms with van der Waals surface area (Å²) in [7, 11) is 0. The van der Waals surface area contributed by atoms with Crippen molar-refractivity contribution in [1.82, 2.24) is 34.6 Å². The quantitative estimate of drug-likeness (QED) is 0.378. The van der Waals surface area contributed by atoms with E-state index in [9.17, 15) is 9.59 Å². The Morgan fingerprint density at radius 1 is 1.33 bits per heavy atom. The molecule has 5 heterocycles. The molecule has 0 radical (unpaired) electrons. The summed E-state index contributed by atoms with van der Waals surface area (Å²) in [5, 5.41) is 9.71. The first-order valence-corrected chi connectivity index (χ1v) is 12.9. The fraction of sp³-hybridized carbons (Fsp3) is 0.500. The lowest BCUT2D eigenvalue weighted by molar-refractivity contribution is -0.121. The van der Waals surface area contributed by atoms with Gasteiger partial charge in [0.15, 0.2) is 16.0 Å². The molecule has 13 heteroatoms. The Morgan fingerprint density at radius 3 is 3.00 bits per heavy atom. The predicted octanol–water partition coefficient (Wildman–Crippen LogP) is 0.795. The first kappa shape index (κ1) is 22.2. The van der Waals surface area contributed by atoms with Crippen molar-refractivity contribution in [3.05, 3.63) is 28.8 Å². The number of rotatable bonds is 7. The normalized spacial score (nSPS) is 18.0. The highest BCUT2D eigenvalue weighted by molar-refractivity contribution is 7.99. The van der Waals surface area contributed by atoms with Crippen molar-refractivity contribution in [3.8, 4) is 0 Å². The molecule has 0 aliphatic carbocycles. The number of ether oxygens (including phenoxy) is 1. The van der Waals surface area contributed by atoms with Crippen LogP contribution >= 0.6 is 23.5 Å². The molecular weight excluding hydrogens is 464 g/mol. The van der Waals surface area contributed by atoms with Crippen molar-refractivity contribution >= 4 is 46.3 Å². The van der Waals surface area contributed by atoms with Gasteiger partial charge in [-0.25, -0.2) is 19.6 Å². The number of morpholine rings is 1. The molecule has 0 spiro atoms. The summed E-state index contributed by atoms with van der Waals surface area (Å²) < 4.78 is 8.88. The largest absolute Gasteiger partial charge is 0.378 e. The van der Waals surface area contributed by atoms with Crippen molar-refractivity contribution in [2.75, 3.05) is 49.8 Å². The number of hydrogen-bond acceptors (Lipinski definition) is 10. The molecule has 1 N–H and O–H groups in total. The van der Waals surface area contributed by atoms with Crippen LogP contribution in [0.25, 0.3) is 11.0 Å². The second-order valence-electron chi connectivity index (χ2n) is 7.69. The summed E-state index contributed by atoms with van der Waals surface area (Å²) in [5.74, 6) is 1.44. The highest BCUT2D eigenvalue weighted by Crippen LogP contribution is 2.31. The van der Waals surface area contributed by atoms with Crippen LogP contribution in [0.3, 0.4) is 0 Å². The van der Waals surface area contributed by atoms with E-state index in [2.05, 4.69) is 25.3 Å². The molecule has 0 saturated carbocycles. The Bertz CT molecular complexity index is 1220. The highest BCUT2D eigenvalue weighted by Gasteiger charge is 2.26. The number of fused-ring (bicyclic) bond motifs is 2. The van der Waals surface area contributed by atoms with Crippen LogP contribution in [0.5, 0.6) is 0 Å². The van der Waals surface area contributed by atoms with E-state index in [4.69, 9.17) is 9.72 Å². The van der Waals surface area contributed by atoms with Crippen molar-refractivity contribution < 1.29 is 9.53 Å². The van der Waals surface area contributed by atoms with Gasteiger partial charge in [0, 0.05) is 44.1 Å². The molecule has 1 unspecified atom stereocenters. The third-order valence-electron chi connectivity index (χ3n) is 5.63. The Kier molecular flexibility index (Phi) is 6.51. The van der Waals surface area contributed by atoms with Crippen LogP contribution in [0, 0.1) is 0 Å². The minimum absolute atomic E-state index is 0.103. The third kappa shape index (κ3) is 4.57. The number of nitrogens with one attached hydrogen (secondary N) is 1. The Balaban J connectivity index is 1.25. The standard InChI is InChI=1S/C20H24N8O3S2/c1-32-19-24-17(26-6-8-31-9-7-26)14-11-23-27(18(14)25-19)5-4-21-15(29)10-13-12-33-20-22-3-2-16(30)28(13)20/h2-3,11,13H,4-10,12H2,1H3,(H,21,29). The van der Waals surface area contributed by atoms with Gasteiger partial charge in [0.2, 0.25) is 5.91 Å². The van der Waals surface area contributed by atoms with E-state index in [-0.39, 0.29) is 23.9 Å². The molecule has 1 atom stereocenters. The highest BCUT2D eigenvalue weighted by atomic mass is 32.2. The van der Waals surface area contributed by atoms with Crippen LogP contribution in [-0.2, 0) is 16.1 Å². The molecule has 11 nitrogen and oxygen atoms in total. The maximum absolute atomic E-state index is 12.5. The summed E-state index contributed by atoms with van der Waals surface area (Å²) in [6, 6.07) is 1.25. The molecular formula is C20H24N8O3S2. The zero-order valence-electron chi connectivity index (χ0n) is 18.1. The van der Waals surface area contributed by atoms with E-state index in [1.165, 1.54) is 35.8 Å². The monoisotopic (exact) mass is 488 g/mol. The van der Waals surface area contributed by atoms with E-state index in [1.54, 1.807) is 15.4 Å². The number of anilines is 1. The summed E-state index contributed by atoms with van der Waals surface area (Å²) in [6.07, 6.45) is 5.49. The van der Waals surface area contributed by atoms with Gasteiger partial charge in [-0.05, 0) is 6.26 Å². The molecule has 0 aromatic carbocycles. The molecule has 0 bridgehead atoms. The first-order chi connectivity index (χ1) is 16.1. The number of carbonyl (C=O) groups is 1. The lowest BCUT2D eigenvalue weighted by Gasteiger charge is -2.28. The molecule has 174 valence electrons. The minimum atomic E-state index is -0.176. The van der Waals surface area contributed by atoms with Gasteiger partial charge in [-0.3, -0.25) is 14.2 Å². The van der Waals surface area contributed by atoms with Gasteiger partial charge >= 0.3 is 0 Å². The zero-order valence-corrected chi connectivity index (χ0v) is 19.8. The second-order valence-corrected chi connectivity index (χ2v) is 9.45. The van der Waals surface area contributed by atoms with E-state index < -0.39 is 0 Å². The fourth-order valence-electron chi connectivity index (χ4n) is 4.02. The van der Waals surface area contributed by atoms with Crippen LogP contribution in [0.15, 0.2) is 33.6 Å². The van der Waals surface area contributed by atoms with E-state index >= 15 is 0 Å². The topological polar surface area (TPSA) is 120 Å². The molecule has 1 saturated heterocycles. The van der Waals surface area contributed by atoms with E-state index in [0.717, 1.165) is 29.9 Å².